The van der Waals surface area contributed by atoms with E-state index in [9.17, 15) is 9.18 Å². The van der Waals surface area contributed by atoms with Crippen LogP contribution in [0.2, 0.25) is 0 Å². The molecular formula is C15H14FNO3. The summed E-state index contributed by atoms with van der Waals surface area (Å²) in [5, 5.41) is 0. The van der Waals surface area contributed by atoms with Gasteiger partial charge in [-0.2, -0.15) is 0 Å². The topological polar surface area (TPSA) is 61.5 Å². The third kappa shape index (κ3) is 2.56. The minimum absolute atomic E-state index is 0.105. The van der Waals surface area contributed by atoms with Gasteiger partial charge in [0.25, 0.3) is 0 Å². The largest absolute Gasteiger partial charge is 0.497 e. The van der Waals surface area contributed by atoms with Crippen LogP contribution in [0, 0.1) is 5.82 Å². The Morgan fingerprint density at radius 1 is 1.05 bits per heavy atom. The lowest BCUT2D eigenvalue weighted by atomic mass is 10.0. The fourth-order valence-corrected chi connectivity index (χ4v) is 1.86. The van der Waals surface area contributed by atoms with Gasteiger partial charge in [-0.1, -0.05) is 0 Å². The first-order valence-electron chi connectivity index (χ1n) is 5.88. The summed E-state index contributed by atoms with van der Waals surface area (Å²) in [7, 11) is 2.96. The lowest BCUT2D eigenvalue weighted by Crippen LogP contribution is -2.08. The molecule has 0 saturated carbocycles. The number of carbonyl (C=O) groups excluding carboxylic acids is 1. The lowest BCUT2D eigenvalue weighted by molar-refractivity contribution is 0.103. The number of halogens is 1. The Morgan fingerprint density at radius 3 is 2.45 bits per heavy atom. The van der Waals surface area contributed by atoms with Crippen LogP contribution >= 0.6 is 0 Å². The van der Waals surface area contributed by atoms with Gasteiger partial charge in [-0.25, -0.2) is 4.39 Å². The Balaban J connectivity index is 2.50. The number of anilines is 1. The van der Waals surface area contributed by atoms with Crippen molar-refractivity contribution < 1.29 is 18.7 Å². The van der Waals surface area contributed by atoms with E-state index in [4.69, 9.17) is 15.2 Å². The zero-order valence-electron chi connectivity index (χ0n) is 11.1. The van der Waals surface area contributed by atoms with Gasteiger partial charge < -0.3 is 15.2 Å². The highest BCUT2D eigenvalue weighted by atomic mass is 19.1. The number of carbonyl (C=O) groups is 1. The smallest absolute Gasteiger partial charge is 0.198 e. The highest BCUT2D eigenvalue weighted by Gasteiger charge is 2.18. The van der Waals surface area contributed by atoms with E-state index in [0.717, 1.165) is 6.07 Å². The van der Waals surface area contributed by atoms with Crippen molar-refractivity contribution in [3.63, 3.8) is 0 Å². The Labute approximate surface area is 115 Å². The van der Waals surface area contributed by atoms with Crippen molar-refractivity contribution in [2.75, 3.05) is 20.0 Å². The number of nitrogen functional groups attached to an aromatic ring is 1. The van der Waals surface area contributed by atoms with Crippen LogP contribution in [0.25, 0.3) is 0 Å². The highest BCUT2D eigenvalue weighted by molar-refractivity contribution is 6.13. The molecule has 0 bridgehead atoms. The van der Waals surface area contributed by atoms with E-state index >= 15 is 0 Å². The van der Waals surface area contributed by atoms with Crippen molar-refractivity contribution in [3.8, 4) is 11.5 Å². The van der Waals surface area contributed by atoms with Crippen LogP contribution in [-0.4, -0.2) is 20.0 Å². The van der Waals surface area contributed by atoms with Gasteiger partial charge in [-0.3, -0.25) is 4.79 Å². The first-order valence-corrected chi connectivity index (χ1v) is 5.88. The predicted octanol–water partition coefficient (Wildman–Crippen LogP) is 2.66. The zero-order chi connectivity index (χ0) is 14.7. The Hall–Kier alpha value is -2.56. The summed E-state index contributed by atoms with van der Waals surface area (Å²) in [6.45, 7) is 0. The predicted molar refractivity (Wildman–Crippen MR) is 73.8 cm³/mol. The molecule has 0 spiro atoms. The molecule has 0 heterocycles. The van der Waals surface area contributed by atoms with E-state index in [-0.39, 0.29) is 11.3 Å². The summed E-state index contributed by atoms with van der Waals surface area (Å²) in [6.07, 6.45) is 0. The summed E-state index contributed by atoms with van der Waals surface area (Å²) >= 11 is 0. The molecule has 0 radical (unpaired) electrons. The van der Waals surface area contributed by atoms with E-state index in [2.05, 4.69) is 0 Å². The van der Waals surface area contributed by atoms with Crippen molar-refractivity contribution in [1.29, 1.82) is 0 Å². The van der Waals surface area contributed by atoms with E-state index in [1.807, 2.05) is 0 Å². The number of benzene rings is 2. The van der Waals surface area contributed by atoms with E-state index in [1.54, 1.807) is 18.2 Å². The van der Waals surface area contributed by atoms with Gasteiger partial charge in [0, 0.05) is 17.3 Å². The average molecular weight is 275 g/mol. The quantitative estimate of drug-likeness (QED) is 0.688. The number of rotatable bonds is 4. The van der Waals surface area contributed by atoms with Crippen molar-refractivity contribution in [1.82, 2.24) is 0 Å². The molecule has 0 aliphatic rings. The molecule has 0 unspecified atom stereocenters. The van der Waals surface area contributed by atoms with Crippen LogP contribution in [0.4, 0.5) is 10.1 Å². The molecule has 0 atom stereocenters. The minimum Gasteiger partial charge on any atom is -0.497 e. The first-order chi connectivity index (χ1) is 9.56. The number of methoxy groups -OCH3 is 2. The van der Waals surface area contributed by atoms with Crippen LogP contribution in [0.3, 0.4) is 0 Å². The van der Waals surface area contributed by atoms with Gasteiger partial charge in [0.05, 0.1) is 19.8 Å². The molecule has 2 N–H and O–H groups in total. The summed E-state index contributed by atoms with van der Waals surface area (Å²) in [6, 6.07) is 8.45. The minimum atomic E-state index is -0.518. The molecule has 4 nitrogen and oxygen atoms in total. The van der Waals surface area contributed by atoms with Crippen LogP contribution < -0.4 is 15.2 Å². The molecule has 0 saturated heterocycles. The molecule has 2 aromatic rings. The molecule has 20 heavy (non-hydrogen) atoms. The maximum absolute atomic E-state index is 13.3. The van der Waals surface area contributed by atoms with Gasteiger partial charge >= 0.3 is 0 Å². The van der Waals surface area contributed by atoms with Gasteiger partial charge in [0.1, 0.15) is 17.3 Å². The standard InChI is InChI=1S/C15H14FNO3/c1-19-10-4-5-11(14(8-10)20-2)15(18)12-7-9(16)3-6-13(12)17/h3-8H,17H2,1-2H3. The SMILES string of the molecule is COc1ccc(C(=O)c2cc(F)ccc2N)c(OC)c1. The second-order valence-electron chi connectivity index (χ2n) is 4.13. The normalized spacial score (nSPS) is 10.2. The van der Waals surface area contributed by atoms with Crippen molar-refractivity contribution in [2.24, 2.45) is 0 Å². The van der Waals surface area contributed by atoms with Crippen LogP contribution in [0.15, 0.2) is 36.4 Å². The Morgan fingerprint density at radius 2 is 1.80 bits per heavy atom. The molecule has 0 aliphatic carbocycles. The summed E-state index contributed by atoms with van der Waals surface area (Å²) in [5.41, 5.74) is 6.34. The number of ketones is 1. The summed E-state index contributed by atoms with van der Waals surface area (Å²) in [4.78, 5) is 12.4. The van der Waals surface area contributed by atoms with Gasteiger partial charge in [-0.15, -0.1) is 0 Å². The number of hydrogen-bond donors (Lipinski definition) is 1. The van der Waals surface area contributed by atoms with Gasteiger partial charge in [0.15, 0.2) is 5.78 Å². The maximum atomic E-state index is 13.3. The van der Waals surface area contributed by atoms with Gasteiger partial charge in [-0.05, 0) is 30.3 Å². The summed E-state index contributed by atoms with van der Waals surface area (Å²) in [5.74, 6) is -0.0137. The lowest BCUT2D eigenvalue weighted by Gasteiger charge is -2.11. The molecule has 2 aromatic carbocycles. The zero-order valence-corrected chi connectivity index (χ0v) is 11.1. The van der Waals surface area contributed by atoms with E-state index < -0.39 is 11.6 Å². The first kappa shape index (κ1) is 13.9. The van der Waals surface area contributed by atoms with Crippen LogP contribution in [-0.2, 0) is 0 Å². The molecule has 104 valence electrons. The molecule has 2 rings (SSSR count). The van der Waals surface area contributed by atoms with Gasteiger partial charge in [0.2, 0.25) is 0 Å². The molecule has 0 aromatic heterocycles. The number of ether oxygens (including phenoxy) is 2. The second-order valence-corrected chi connectivity index (χ2v) is 4.13. The average Bonchev–Trinajstić information content (AvgIpc) is 2.48. The molecule has 5 heteroatoms. The van der Waals surface area contributed by atoms with E-state index in [1.165, 1.54) is 26.4 Å². The molecule has 0 aliphatic heterocycles. The number of nitrogens with two attached hydrogens (primary N) is 1. The summed E-state index contributed by atoms with van der Waals surface area (Å²) < 4.78 is 23.5. The monoisotopic (exact) mass is 275 g/mol. The van der Waals surface area contributed by atoms with Crippen molar-refractivity contribution >= 4 is 11.5 Å². The molecule has 0 fully saturated rings. The van der Waals surface area contributed by atoms with Crippen LogP contribution in [0.1, 0.15) is 15.9 Å². The second kappa shape index (κ2) is 5.61. The fraction of sp³-hybridized carbons (Fsp3) is 0.133. The molecule has 0 amide bonds. The van der Waals surface area contributed by atoms with E-state index in [0.29, 0.717) is 17.1 Å². The highest BCUT2D eigenvalue weighted by Crippen LogP contribution is 2.28. The third-order valence-electron chi connectivity index (χ3n) is 2.91. The molecular weight excluding hydrogens is 261 g/mol. The van der Waals surface area contributed by atoms with Crippen molar-refractivity contribution in [3.05, 3.63) is 53.3 Å². The Kier molecular flexibility index (Phi) is 3.89. The number of hydrogen-bond acceptors (Lipinski definition) is 4. The van der Waals surface area contributed by atoms with Crippen molar-refractivity contribution in [2.45, 2.75) is 0 Å². The Bertz CT molecular complexity index is 656. The maximum Gasteiger partial charge on any atom is 0.198 e. The third-order valence-corrected chi connectivity index (χ3v) is 2.91. The van der Waals surface area contributed by atoms with Crippen LogP contribution in [0.5, 0.6) is 11.5 Å². The fourth-order valence-electron chi connectivity index (χ4n) is 1.86.